The van der Waals surface area contributed by atoms with Crippen LogP contribution in [-0.2, 0) is 6.54 Å². The van der Waals surface area contributed by atoms with E-state index in [0.29, 0.717) is 0 Å². The molecule has 1 N–H and O–H groups in total. The van der Waals surface area contributed by atoms with Gasteiger partial charge in [0.15, 0.2) is 0 Å². The van der Waals surface area contributed by atoms with Crippen molar-refractivity contribution >= 4 is 5.69 Å². The minimum absolute atomic E-state index is 0.163. The lowest BCUT2D eigenvalue weighted by molar-refractivity contribution is 0.517. The maximum atomic E-state index is 9.34. The van der Waals surface area contributed by atoms with Crippen molar-refractivity contribution < 1.29 is 0 Å². The molecule has 96 valence electrons. The first-order valence-electron chi connectivity index (χ1n) is 6.54. The monoisotopic (exact) mass is 243 g/mol. The third kappa shape index (κ3) is 2.34. The van der Waals surface area contributed by atoms with Crippen molar-refractivity contribution in [3.8, 4) is 6.07 Å². The van der Waals surface area contributed by atoms with Gasteiger partial charge in [0.05, 0.1) is 11.3 Å². The average Bonchev–Trinajstić information content (AvgIpc) is 2.69. The van der Waals surface area contributed by atoms with Crippen LogP contribution in [-0.4, -0.2) is 19.1 Å². The fourth-order valence-corrected chi connectivity index (χ4v) is 2.78. The van der Waals surface area contributed by atoms with Crippen molar-refractivity contribution in [2.75, 3.05) is 18.5 Å². The maximum absolute atomic E-state index is 9.34. The standard InChI is InChI=1S/C15H21N3/c1-15(2)7-4-8-18(15)14-6-5-12(11-17-3)9-13(14)10-16/h5-6,9,17H,4,7-8,11H2,1-3H3. The Hall–Kier alpha value is -1.53. The van der Waals surface area contributed by atoms with E-state index in [2.05, 4.69) is 42.3 Å². The van der Waals surface area contributed by atoms with E-state index < -0.39 is 0 Å². The molecule has 0 amide bonds. The predicted molar refractivity (Wildman–Crippen MR) is 74.6 cm³/mol. The molecule has 1 aromatic carbocycles. The van der Waals surface area contributed by atoms with Gasteiger partial charge in [-0.25, -0.2) is 0 Å². The molecule has 1 saturated heterocycles. The second-order valence-corrected chi connectivity index (χ2v) is 5.56. The van der Waals surface area contributed by atoms with Crippen molar-refractivity contribution in [2.45, 2.75) is 38.8 Å². The summed E-state index contributed by atoms with van der Waals surface area (Å²) >= 11 is 0. The van der Waals surface area contributed by atoms with Gasteiger partial charge in [-0.2, -0.15) is 5.26 Å². The van der Waals surface area contributed by atoms with Crippen LogP contribution in [0.2, 0.25) is 0 Å². The Bertz CT molecular complexity index is 471. The van der Waals surface area contributed by atoms with Gasteiger partial charge in [-0.3, -0.25) is 0 Å². The van der Waals surface area contributed by atoms with E-state index in [0.717, 1.165) is 29.9 Å². The molecule has 1 aliphatic rings. The number of hydrogen-bond acceptors (Lipinski definition) is 3. The van der Waals surface area contributed by atoms with E-state index in [-0.39, 0.29) is 5.54 Å². The second kappa shape index (κ2) is 4.99. The largest absolute Gasteiger partial charge is 0.365 e. The molecule has 0 aliphatic carbocycles. The molecular formula is C15H21N3. The van der Waals surface area contributed by atoms with Gasteiger partial charge in [-0.1, -0.05) is 6.07 Å². The summed E-state index contributed by atoms with van der Waals surface area (Å²) in [6.45, 7) is 6.36. The topological polar surface area (TPSA) is 39.1 Å². The third-order valence-electron chi connectivity index (χ3n) is 3.75. The molecule has 1 aromatic rings. The quantitative estimate of drug-likeness (QED) is 0.887. The van der Waals surface area contributed by atoms with Crippen LogP contribution in [0.1, 0.15) is 37.8 Å². The highest BCUT2D eigenvalue weighted by molar-refractivity contribution is 5.62. The molecule has 0 saturated carbocycles. The second-order valence-electron chi connectivity index (χ2n) is 5.56. The zero-order chi connectivity index (χ0) is 13.2. The molecular weight excluding hydrogens is 222 g/mol. The van der Waals surface area contributed by atoms with E-state index in [1.807, 2.05) is 13.1 Å². The normalized spacial score (nSPS) is 17.8. The number of nitriles is 1. The minimum Gasteiger partial charge on any atom is -0.365 e. The summed E-state index contributed by atoms with van der Waals surface area (Å²) in [6.07, 6.45) is 2.40. The fraction of sp³-hybridized carbons (Fsp3) is 0.533. The number of benzene rings is 1. The van der Waals surface area contributed by atoms with Gasteiger partial charge in [-0.15, -0.1) is 0 Å². The molecule has 0 spiro atoms. The van der Waals surface area contributed by atoms with Crippen LogP contribution in [0.4, 0.5) is 5.69 Å². The molecule has 3 heteroatoms. The Labute approximate surface area is 109 Å². The van der Waals surface area contributed by atoms with Crippen molar-refractivity contribution in [1.82, 2.24) is 5.32 Å². The van der Waals surface area contributed by atoms with Gasteiger partial charge in [0.25, 0.3) is 0 Å². The van der Waals surface area contributed by atoms with Crippen molar-refractivity contribution in [2.24, 2.45) is 0 Å². The van der Waals surface area contributed by atoms with Crippen LogP contribution in [0.3, 0.4) is 0 Å². The van der Waals surface area contributed by atoms with Crippen LogP contribution >= 0.6 is 0 Å². The van der Waals surface area contributed by atoms with Crippen LogP contribution in [0.25, 0.3) is 0 Å². The highest BCUT2D eigenvalue weighted by Gasteiger charge is 2.33. The van der Waals surface area contributed by atoms with Gasteiger partial charge < -0.3 is 10.2 Å². The SMILES string of the molecule is CNCc1ccc(N2CCCC2(C)C)c(C#N)c1. The first-order valence-corrected chi connectivity index (χ1v) is 6.54. The first-order chi connectivity index (χ1) is 8.58. The molecule has 1 heterocycles. The van der Waals surface area contributed by atoms with E-state index in [9.17, 15) is 5.26 Å². The summed E-state index contributed by atoms with van der Waals surface area (Å²) in [5, 5.41) is 12.5. The summed E-state index contributed by atoms with van der Waals surface area (Å²) in [4.78, 5) is 2.37. The highest BCUT2D eigenvalue weighted by Crippen LogP contribution is 2.35. The lowest BCUT2D eigenvalue weighted by atomic mass is 10.00. The Morgan fingerprint density at radius 1 is 1.44 bits per heavy atom. The van der Waals surface area contributed by atoms with E-state index in [4.69, 9.17) is 0 Å². The van der Waals surface area contributed by atoms with Gasteiger partial charge in [0.2, 0.25) is 0 Å². The molecule has 0 radical (unpaired) electrons. The van der Waals surface area contributed by atoms with Gasteiger partial charge >= 0.3 is 0 Å². The van der Waals surface area contributed by atoms with Gasteiger partial charge in [-0.05, 0) is 51.4 Å². The highest BCUT2D eigenvalue weighted by atomic mass is 15.2. The number of anilines is 1. The Kier molecular flexibility index (Phi) is 3.58. The lowest BCUT2D eigenvalue weighted by Gasteiger charge is -2.34. The van der Waals surface area contributed by atoms with E-state index >= 15 is 0 Å². The third-order valence-corrected chi connectivity index (χ3v) is 3.75. The van der Waals surface area contributed by atoms with Gasteiger partial charge in [0.1, 0.15) is 6.07 Å². The van der Waals surface area contributed by atoms with Crippen molar-refractivity contribution in [3.05, 3.63) is 29.3 Å². The molecule has 0 unspecified atom stereocenters. The van der Waals surface area contributed by atoms with Gasteiger partial charge in [0, 0.05) is 18.6 Å². The number of rotatable bonds is 3. The van der Waals surface area contributed by atoms with E-state index in [1.165, 1.54) is 12.8 Å². The Morgan fingerprint density at radius 2 is 2.22 bits per heavy atom. The summed E-state index contributed by atoms with van der Waals surface area (Å²) in [7, 11) is 1.92. The molecule has 1 fully saturated rings. The van der Waals surface area contributed by atoms with Crippen LogP contribution < -0.4 is 10.2 Å². The van der Waals surface area contributed by atoms with E-state index in [1.54, 1.807) is 0 Å². The molecule has 2 rings (SSSR count). The summed E-state index contributed by atoms with van der Waals surface area (Å²) in [6, 6.07) is 8.55. The van der Waals surface area contributed by atoms with Crippen LogP contribution in [0.15, 0.2) is 18.2 Å². The summed E-state index contributed by atoms with van der Waals surface area (Å²) < 4.78 is 0. The Balaban J connectivity index is 2.37. The van der Waals surface area contributed by atoms with Crippen molar-refractivity contribution in [3.63, 3.8) is 0 Å². The summed E-state index contributed by atoms with van der Waals surface area (Å²) in [5.74, 6) is 0. The first kappa shape index (κ1) is 12.9. The molecule has 3 nitrogen and oxygen atoms in total. The predicted octanol–water partition coefficient (Wildman–Crippen LogP) is 2.66. The number of nitrogens with zero attached hydrogens (tertiary/aromatic N) is 2. The zero-order valence-corrected chi connectivity index (χ0v) is 11.5. The molecule has 0 aromatic heterocycles. The van der Waals surface area contributed by atoms with Crippen molar-refractivity contribution in [1.29, 1.82) is 5.26 Å². The fourth-order valence-electron chi connectivity index (χ4n) is 2.78. The zero-order valence-electron chi connectivity index (χ0n) is 11.5. The van der Waals surface area contributed by atoms with Crippen LogP contribution in [0.5, 0.6) is 0 Å². The smallest absolute Gasteiger partial charge is 0.101 e. The minimum atomic E-state index is 0.163. The number of hydrogen-bond donors (Lipinski definition) is 1. The Morgan fingerprint density at radius 3 is 2.78 bits per heavy atom. The molecule has 1 aliphatic heterocycles. The van der Waals surface area contributed by atoms with Crippen LogP contribution in [0, 0.1) is 11.3 Å². The molecule has 18 heavy (non-hydrogen) atoms. The maximum Gasteiger partial charge on any atom is 0.101 e. The average molecular weight is 243 g/mol. The molecule has 0 atom stereocenters. The molecule has 0 bridgehead atoms. The summed E-state index contributed by atoms with van der Waals surface area (Å²) in [5.41, 5.74) is 3.20. The number of nitrogens with one attached hydrogen (secondary N) is 1. The lowest BCUT2D eigenvalue weighted by Crippen LogP contribution is -2.38.